The number of hydrogen-bond donors (Lipinski definition) is 0. The monoisotopic (exact) mass is 382 g/mol. The van der Waals surface area contributed by atoms with Gasteiger partial charge in [-0.3, -0.25) is 9.69 Å². The number of carbonyl (C=O) groups excluding carboxylic acids is 1. The first kappa shape index (κ1) is 19.1. The van der Waals surface area contributed by atoms with Crippen molar-refractivity contribution >= 4 is 5.91 Å². The molecule has 28 heavy (non-hydrogen) atoms. The zero-order valence-corrected chi connectivity index (χ0v) is 16.7. The lowest BCUT2D eigenvalue weighted by molar-refractivity contribution is -0.138. The van der Waals surface area contributed by atoms with E-state index in [0.717, 1.165) is 44.3 Å². The Bertz CT molecular complexity index is 770. The molecule has 0 bridgehead atoms. The second-order valence-electron chi connectivity index (χ2n) is 8.19. The SMILES string of the molecule is CN(C(=O)C1CCCN(Cc2nc(-c3ccccc3)no2)C1)C1CCCCC1. The zero-order chi connectivity index (χ0) is 19.3. The molecule has 0 N–H and O–H groups in total. The van der Waals surface area contributed by atoms with Crippen LogP contribution in [0, 0.1) is 5.92 Å². The third-order valence-electron chi connectivity index (χ3n) is 6.18. The molecule has 2 heterocycles. The molecule has 1 saturated carbocycles. The molecule has 6 heteroatoms. The van der Waals surface area contributed by atoms with E-state index in [4.69, 9.17) is 4.52 Å². The van der Waals surface area contributed by atoms with Crippen molar-refractivity contribution in [2.75, 3.05) is 20.1 Å². The number of likely N-dealkylation sites (tertiary alicyclic amines) is 1. The molecule has 1 aromatic heterocycles. The molecule has 2 fully saturated rings. The van der Waals surface area contributed by atoms with Crippen molar-refractivity contribution in [1.82, 2.24) is 19.9 Å². The third-order valence-corrected chi connectivity index (χ3v) is 6.18. The zero-order valence-electron chi connectivity index (χ0n) is 16.7. The largest absolute Gasteiger partial charge is 0.342 e. The van der Waals surface area contributed by atoms with Gasteiger partial charge in [0.1, 0.15) is 0 Å². The highest BCUT2D eigenvalue weighted by atomic mass is 16.5. The molecule has 1 aliphatic carbocycles. The highest BCUT2D eigenvalue weighted by Crippen LogP contribution is 2.26. The van der Waals surface area contributed by atoms with Crippen molar-refractivity contribution in [2.45, 2.75) is 57.5 Å². The Hall–Kier alpha value is -2.21. The molecule has 1 aromatic carbocycles. The van der Waals surface area contributed by atoms with Crippen molar-refractivity contribution < 1.29 is 9.32 Å². The van der Waals surface area contributed by atoms with E-state index in [2.05, 4.69) is 15.0 Å². The summed E-state index contributed by atoms with van der Waals surface area (Å²) in [5, 5.41) is 4.11. The van der Waals surface area contributed by atoms with E-state index < -0.39 is 0 Å². The fourth-order valence-corrected chi connectivity index (χ4v) is 4.55. The van der Waals surface area contributed by atoms with Gasteiger partial charge in [0.25, 0.3) is 0 Å². The van der Waals surface area contributed by atoms with Crippen LogP contribution in [0.4, 0.5) is 0 Å². The predicted octanol–water partition coefficient (Wildman–Crippen LogP) is 3.74. The van der Waals surface area contributed by atoms with Crippen molar-refractivity contribution in [3.63, 3.8) is 0 Å². The summed E-state index contributed by atoms with van der Waals surface area (Å²) in [5.74, 6) is 1.63. The summed E-state index contributed by atoms with van der Waals surface area (Å²) in [6.45, 7) is 2.36. The average Bonchev–Trinajstić information content (AvgIpc) is 3.22. The third kappa shape index (κ3) is 4.43. The minimum atomic E-state index is 0.0807. The van der Waals surface area contributed by atoms with Crippen LogP contribution < -0.4 is 0 Å². The van der Waals surface area contributed by atoms with Gasteiger partial charge >= 0.3 is 0 Å². The van der Waals surface area contributed by atoms with Gasteiger partial charge in [0.05, 0.1) is 12.5 Å². The van der Waals surface area contributed by atoms with Gasteiger partial charge in [-0.15, -0.1) is 0 Å². The molecular formula is C22H30N4O2. The lowest BCUT2D eigenvalue weighted by atomic mass is 9.91. The smallest absolute Gasteiger partial charge is 0.241 e. The number of rotatable bonds is 5. The van der Waals surface area contributed by atoms with E-state index in [1.54, 1.807) is 0 Å². The fraction of sp³-hybridized carbons (Fsp3) is 0.591. The van der Waals surface area contributed by atoms with E-state index in [0.29, 0.717) is 30.2 Å². The van der Waals surface area contributed by atoms with Gasteiger partial charge in [0.2, 0.25) is 17.6 Å². The van der Waals surface area contributed by atoms with Gasteiger partial charge < -0.3 is 9.42 Å². The summed E-state index contributed by atoms with van der Waals surface area (Å²) in [5.41, 5.74) is 0.957. The Morgan fingerprint density at radius 1 is 1.14 bits per heavy atom. The number of amides is 1. The first-order valence-electron chi connectivity index (χ1n) is 10.6. The van der Waals surface area contributed by atoms with Crippen molar-refractivity contribution in [3.05, 3.63) is 36.2 Å². The van der Waals surface area contributed by atoms with Gasteiger partial charge in [-0.2, -0.15) is 4.98 Å². The van der Waals surface area contributed by atoms with Gasteiger partial charge in [-0.05, 0) is 32.2 Å². The first-order valence-corrected chi connectivity index (χ1v) is 10.6. The predicted molar refractivity (Wildman–Crippen MR) is 107 cm³/mol. The number of aromatic nitrogens is 2. The van der Waals surface area contributed by atoms with Crippen LogP contribution in [-0.2, 0) is 11.3 Å². The van der Waals surface area contributed by atoms with Crippen LogP contribution in [-0.4, -0.2) is 52.0 Å². The quantitative estimate of drug-likeness (QED) is 0.788. The average molecular weight is 383 g/mol. The number of carbonyl (C=O) groups is 1. The maximum Gasteiger partial charge on any atom is 0.241 e. The summed E-state index contributed by atoms with van der Waals surface area (Å²) < 4.78 is 5.46. The molecule has 1 unspecified atom stereocenters. The van der Waals surface area contributed by atoms with Crippen LogP contribution >= 0.6 is 0 Å². The minimum absolute atomic E-state index is 0.0807. The second kappa shape index (κ2) is 8.86. The molecule has 1 amide bonds. The maximum atomic E-state index is 13.0. The molecule has 2 aromatic rings. The standard InChI is InChI=1S/C22H30N4O2/c1-25(19-12-6-3-7-13-19)22(27)18-11-8-14-26(15-18)16-20-23-21(24-28-20)17-9-4-2-5-10-17/h2,4-5,9-10,18-19H,3,6-8,11-16H2,1H3. The molecule has 1 atom stereocenters. The normalized spacial score (nSPS) is 21.5. The molecule has 150 valence electrons. The van der Waals surface area contributed by atoms with Crippen LogP contribution in [0.25, 0.3) is 11.4 Å². The minimum Gasteiger partial charge on any atom is -0.342 e. The molecular weight excluding hydrogens is 352 g/mol. The Morgan fingerprint density at radius 2 is 1.93 bits per heavy atom. The van der Waals surface area contributed by atoms with E-state index in [9.17, 15) is 4.79 Å². The number of benzene rings is 1. The van der Waals surface area contributed by atoms with E-state index in [1.165, 1.54) is 19.3 Å². The molecule has 0 spiro atoms. The van der Waals surface area contributed by atoms with Crippen molar-refractivity contribution in [3.8, 4) is 11.4 Å². The second-order valence-corrected chi connectivity index (χ2v) is 8.19. The van der Waals surface area contributed by atoms with E-state index in [1.807, 2.05) is 42.3 Å². The van der Waals surface area contributed by atoms with Crippen LogP contribution in [0.2, 0.25) is 0 Å². The van der Waals surface area contributed by atoms with E-state index in [-0.39, 0.29) is 5.92 Å². The number of nitrogens with zero attached hydrogens (tertiary/aromatic N) is 4. The molecule has 1 aliphatic heterocycles. The lowest BCUT2D eigenvalue weighted by Crippen LogP contribution is -2.47. The first-order chi connectivity index (χ1) is 13.7. The highest BCUT2D eigenvalue weighted by molar-refractivity contribution is 5.79. The Labute approximate surface area is 166 Å². The van der Waals surface area contributed by atoms with Crippen LogP contribution in [0.1, 0.15) is 50.8 Å². The van der Waals surface area contributed by atoms with Crippen molar-refractivity contribution in [1.29, 1.82) is 0 Å². The van der Waals surface area contributed by atoms with Crippen LogP contribution in [0.5, 0.6) is 0 Å². The number of piperidine rings is 1. The fourth-order valence-electron chi connectivity index (χ4n) is 4.55. The summed E-state index contributed by atoms with van der Waals surface area (Å²) in [7, 11) is 2.00. The molecule has 4 rings (SSSR count). The summed E-state index contributed by atoms with van der Waals surface area (Å²) >= 11 is 0. The highest BCUT2D eigenvalue weighted by Gasteiger charge is 2.31. The summed E-state index contributed by atoms with van der Waals surface area (Å²) in [6, 6.07) is 10.3. The molecule has 1 saturated heterocycles. The van der Waals surface area contributed by atoms with Gasteiger partial charge in [-0.25, -0.2) is 0 Å². The summed E-state index contributed by atoms with van der Waals surface area (Å²) in [6.07, 6.45) is 8.14. The lowest BCUT2D eigenvalue weighted by Gasteiger charge is -2.37. The molecule has 0 radical (unpaired) electrons. The van der Waals surface area contributed by atoms with Gasteiger partial charge in [0.15, 0.2) is 0 Å². The topological polar surface area (TPSA) is 62.5 Å². The number of hydrogen-bond acceptors (Lipinski definition) is 5. The van der Waals surface area contributed by atoms with Crippen molar-refractivity contribution in [2.24, 2.45) is 5.92 Å². The van der Waals surface area contributed by atoms with Gasteiger partial charge in [0, 0.05) is 25.2 Å². The van der Waals surface area contributed by atoms with Crippen LogP contribution in [0.15, 0.2) is 34.9 Å². The van der Waals surface area contributed by atoms with Gasteiger partial charge in [-0.1, -0.05) is 54.8 Å². The summed E-state index contributed by atoms with van der Waals surface area (Å²) in [4.78, 5) is 21.9. The maximum absolute atomic E-state index is 13.0. The Kier molecular flexibility index (Phi) is 6.05. The Morgan fingerprint density at radius 3 is 2.71 bits per heavy atom. The Balaban J connectivity index is 1.35. The van der Waals surface area contributed by atoms with Crippen LogP contribution in [0.3, 0.4) is 0 Å². The molecule has 2 aliphatic rings. The molecule has 6 nitrogen and oxygen atoms in total. The van der Waals surface area contributed by atoms with E-state index >= 15 is 0 Å².